The number of aldehydes is 1. The van der Waals surface area contributed by atoms with Crippen LogP contribution in [0.3, 0.4) is 0 Å². The second-order valence-corrected chi connectivity index (χ2v) is 5.88. The van der Waals surface area contributed by atoms with Crippen molar-refractivity contribution < 1.29 is 14.5 Å². The Kier molecular flexibility index (Phi) is 7.43. The molecule has 0 unspecified atom stereocenters. The van der Waals surface area contributed by atoms with Crippen molar-refractivity contribution in [3.8, 4) is 5.75 Å². The second-order valence-electron chi connectivity index (χ2n) is 5.88. The van der Waals surface area contributed by atoms with Crippen LogP contribution in [-0.4, -0.2) is 17.8 Å². The molecule has 5 nitrogen and oxygen atoms in total. The van der Waals surface area contributed by atoms with Crippen LogP contribution in [-0.2, 0) is 0 Å². The van der Waals surface area contributed by atoms with Crippen molar-refractivity contribution in [3.05, 3.63) is 112 Å². The third-order valence-electron chi connectivity index (χ3n) is 4.32. The van der Waals surface area contributed by atoms with Crippen molar-refractivity contribution in [2.75, 3.05) is 6.61 Å². The van der Waals surface area contributed by atoms with Gasteiger partial charge in [0, 0.05) is 28.8 Å². The van der Waals surface area contributed by atoms with E-state index in [9.17, 15) is 14.9 Å². The standard InChI is InChI=1S/C22H17NO4.C2H6/c1-3-5-16(4-2)20-14-27-21-12-15(13-24)6-11-19(21)22(20)17-7-9-18(10-8-17)23(25)26;1-2/h3-13H,1-2,14H2;1-2H3/b16-5+;. The van der Waals surface area contributed by atoms with Gasteiger partial charge >= 0.3 is 0 Å². The van der Waals surface area contributed by atoms with E-state index < -0.39 is 4.92 Å². The maximum Gasteiger partial charge on any atom is 0.269 e. The van der Waals surface area contributed by atoms with Crippen molar-refractivity contribution in [3.63, 3.8) is 0 Å². The van der Waals surface area contributed by atoms with Gasteiger partial charge in [-0.15, -0.1) is 0 Å². The Morgan fingerprint density at radius 1 is 1.14 bits per heavy atom. The number of hydrogen-bond donors (Lipinski definition) is 0. The van der Waals surface area contributed by atoms with Gasteiger partial charge in [-0.1, -0.05) is 51.3 Å². The van der Waals surface area contributed by atoms with E-state index in [0.717, 1.165) is 34.1 Å². The Bertz CT molecular complexity index is 998. The predicted octanol–water partition coefficient (Wildman–Crippen LogP) is 5.93. The Hall–Kier alpha value is -3.73. The van der Waals surface area contributed by atoms with E-state index in [-0.39, 0.29) is 12.3 Å². The fourth-order valence-electron chi connectivity index (χ4n) is 3.05. The molecule has 29 heavy (non-hydrogen) atoms. The molecule has 0 atom stereocenters. The minimum atomic E-state index is -0.430. The topological polar surface area (TPSA) is 69.4 Å². The summed E-state index contributed by atoms with van der Waals surface area (Å²) in [6.07, 6.45) is 5.99. The molecular formula is C24H23NO4. The number of carbonyl (C=O) groups is 1. The summed E-state index contributed by atoms with van der Waals surface area (Å²) in [5.74, 6) is 0.596. The van der Waals surface area contributed by atoms with E-state index in [2.05, 4.69) is 13.2 Å². The van der Waals surface area contributed by atoms with Crippen LogP contribution in [0.25, 0.3) is 5.57 Å². The van der Waals surface area contributed by atoms with Gasteiger partial charge < -0.3 is 4.74 Å². The summed E-state index contributed by atoms with van der Waals surface area (Å²) in [6.45, 7) is 11.9. The number of nitrogens with zero attached hydrogens (tertiary/aromatic N) is 1. The Balaban J connectivity index is 0.00000145. The Labute approximate surface area is 170 Å². The SMILES string of the molecule is C=C/C=C(\C=C)C1=C(c2ccc([N+](=O)[O-])cc2)c2ccc(C=O)cc2OC1.CC. The fourth-order valence-corrected chi connectivity index (χ4v) is 3.05. The van der Waals surface area contributed by atoms with Crippen molar-refractivity contribution in [1.29, 1.82) is 0 Å². The van der Waals surface area contributed by atoms with E-state index in [0.29, 0.717) is 11.3 Å². The second kappa shape index (κ2) is 9.99. The number of hydrogen-bond acceptors (Lipinski definition) is 4. The number of nitro benzene ring substituents is 1. The highest BCUT2D eigenvalue weighted by Gasteiger charge is 2.23. The highest BCUT2D eigenvalue weighted by Crippen LogP contribution is 2.40. The molecule has 0 fully saturated rings. The lowest BCUT2D eigenvalue weighted by Crippen LogP contribution is -2.14. The number of ether oxygens (including phenoxy) is 1. The van der Waals surface area contributed by atoms with Gasteiger partial charge in [0.1, 0.15) is 18.6 Å². The summed E-state index contributed by atoms with van der Waals surface area (Å²) in [6, 6.07) is 11.6. The van der Waals surface area contributed by atoms with Gasteiger partial charge in [0.15, 0.2) is 0 Å². The van der Waals surface area contributed by atoms with Gasteiger partial charge in [-0.05, 0) is 41.0 Å². The number of carbonyl (C=O) groups excluding carboxylic acids is 1. The molecule has 0 amide bonds. The third kappa shape index (κ3) is 4.58. The quantitative estimate of drug-likeness (QED) is 0.266. The van der Waals surface area contributed by atoms with Crippen molar-refractivity contribution >= 4 is 17.5 Å². The van der Waals surface area contributed by atoms with Crippen molar-refractivity contribution in [2.24, 2.45) is 0 Å². The molecule has 2 aromatic carbocycles. The number of rotatable bonds is 6. The van der Waals surface area contributed by atoms with Gasteiger partial charge in [-0.2, -0.15) is 0 Å². The van der Waals surface area contributed by atoms with E-state index in [4.69, 9.17) is 4.74 Å². The fraction of sp³-hybridized carbons (Fsp3) is 0.125. The van der Waals surface area contributed by atoms with Gasteiger partial charge in [0.2, 0.25) is 0 Å². The Morgan fingerprint density at radius 3 is 2.38 bits per heavy atom. The summed E-state index contributed by atoms with van der Waals surface area (Å²) in [5.41, 5.74) is 4.80. The molecule has 0 saturated heterocycles. The van der Waals surface area contributed by atoms with Crippen molar-refractivity contribution in [1.82, 2.24) is 0 Å². The summed E-state index contributed by atoms with van der Waals surface area (Å²) in [5, 5.41) is 11.0. The largest absolute Gasteiger partial charge is 0.488 e. The predicted molar refractivity (Wildman–Crippen MR) is 116 cm³/mol. The monoisotopic (exact) mass is 389 g/mol. The number of nitro groups is 1. The molecule has 0 aromatic heterocycles. The average molecular weight is 389 g/mol. The lowest BCUT2D eigenvalue weighted by Gasteiger charge is -2.25. The van der Waals surface area contributed by atoms with Gasteiger partial charge in [0.05, 0.1) is 4.92 Å². The molecule has 0 bridgehead atoms. The normalized spacial score (nSPS) is 12.7. The number of fused-ring (bicyclic) bond motifs is 1. The maximum absolute atomic E-state index is 11.1. The molecule has 148 valence electrons. The van der Waals surface area contributed by atoms with Gasteiger partial charge in [-0.3, -0.25) is 14.9 Å². The minimum absolute atomic E-state index is 0.0232. The smallest absolute Gasteiger partial charge is 0.269 e. The van der Waals surface area contributed by atoms with Crippen LogP contribution in [0.1, 0.15) is 35.3 Å². The highest BCUT2D eigenvalue weighted by atomic mass is 16.6. The summed E-state index contributed by atoms with van der Waals surface area (Å²) in [4.78, 5) is 21.6. The van der Waals surface area contributed by atoms with Crippen LogP contribution in [0.15, 0.2) is 85.0 Å². The van der Waals surface area contributed by atoms with Gasteiger partial charge in [0.25, 0.3) is 5.69 Å². The molecular weight excluding hydrogens is 366 g/mol. The minimum Gasteiger partial charge on any atom is -0.488 e. The zero-order valence-electron chi connectivity index (χ0n) is 16.6. The van der Waals surface area contributed by atoms with Crippen LogP contribution in [0.5, 0.6) is 5.75 Å². The lowest BCUT2D eigenvalue weighted by molar-refractivity contribution is -0.384. The van der Waals surface area contributed by atoms with Crippen LogP contribution in [0.2, 0.25) is 0 Å². The first-order chi connectivity index (χ1) is 14.1. The molecule has 0 N–H and O–H groups in total. The van der Waals surface area contributed by atoms with E-state index >= 15 is 0 Å². The summed E-state index contributed by atoms with van der Waals surface area (Å²) in [7, 11) is 0. The number of allylic oxidation sites excluding steroid dienone is 3. The van der Waals surface area contributed by atoms with Crippen LogP contribution in [0.4, 0.5) is 5.69 Å². The molecule has 0 aliphatic carbocycles. The molecule has 5 heteroatoms. The number of non-ortho nitro benzene ring substituents is 1. The van der Waals surface area contributed by atoms with Crippen molar-refractivity contribution in [2.45, 2.75) is 13.8 Å². The van der Waals surface area contributed by atoms with E-state index in [1.165, 1.54) is 12.1 Å². The zero-order valence-corrected chi connectivity index (χ0v) is 16.6. The van der Waals surface area contributed by atoms with Crippen LogP contribution >= 0.6 is 0 Å². The molecule has 3 rings (SSSR count). The average Bonchev–Trinajstić information content (AvgIpc) is 2.77. The summed E-state index contributed by atoms with van der Waals surface area (Å²) >= 11 is 0. The molecule has 1 aliphatic heterocycles. The molecule has 2 aromatic rings. The molecule has 1 aliphatic rings. The first-order valence-electron chi connectivity index (χ1n) is 9.25. The van der Waals surface area contributed by atoms with E-state index in [1.54, 1.807) is 36.4 Å². The number of benzene rings is 2. The zero-order chi connectivity index (χ0) is 21.4. The van der Waals surface area contributed by atoms with Crippen LogP contribution in [0, 0.1) is 10.1 Å². The third-order valence-corrected chi connectivity index (χ3v) is 4.32. The molecule has 0 saturated carbocycles. The Morgan fingerprint density at radius 2 is 1.83 bits per heavy atom. The lowest BCUT2D eigenvalue weighted by atomic mass is 9.87. The highest BCUT2D eigenvalue weighted by molar-refractivity contribution is 5.90. The van der Waals surface area contributed by atoms with E-state index in [1.807, 2.05) is 26.0 Å². The molecule has 1 heterocycles. The first kappa shape index (κ1) is 21.6. The molecule has 0 radical (unpaired) electrons. The summed E-state index contributed by atoms with van der Waals surface area (Å²) < 4.78 is 5.87. The van der Waals surface area contributed by atoms with Gasteiger partial charge in [-0.25, -0.2) is 0 Å². The molecule has 0 spiro atoms. The first-order valence-corrected chi connectivity index (χ1v) is 9.25. The van der Waals surface area contributed by atoms with Crippen LogP contribution < -0.4 is 4.74 Å². The maximum atomic E-state index is 11.1.